The molecule has 1 aliphatic heterocycles. The Morgan fingerprint density at radius 3 is 2.52 bits per heavy atom. The first-order chi connectivity index (χ1) is 14.8. The van der Waals surface area contributed by atoms with Gasteiger partial charge >= 0.3 is 11.7 Å². The van der Waals surface area contributed by atoms with Gasteiger partial charge in [0, 0.05) is 14.1 Å². The molecular weight excluding hydrogens is 440 g/mol. The number of ether oxygens (including phenoxy) is 1. The quantitative estimate of drug-likeness (QED) is 0.556. The second kappa shape index (κ2) is 8.16. The smallest absolute Gasteiger partial charge is 0.343 e. The number of carbonyl (C=O) groups is 2. The van der Waals surface area contributed by atoms with Crippen molar-refractivity contribution in [3.05, 3.63) is 56.7 Å². The van der Waals surface area contributed by atoms with E-state index in [0.717, 1.165) is 15.9 Å². The normalized spacial score (nSPS) is 15.3. The molecule has 1 aromatic carbocycles. The van der Waals surface area contributed by atoms with E-state index < -0.39 is 17.2 Å². The summed E-state index contributed by atoms with van der Waals surface area (Å²) in [5.41, 5.74) is -0.207. The van der Waals surface area contributed by atoms with Gasteiger partial charge in [-0.3, -0.25) is 23.6 Å². The molecule has 2 aromatic heterocycles. The molecule has 31 heavy (non-hydrogen) atoms. The van der Waals surface area contributed by atoms with Crippen LogP contribution in [0.4, 0.5) is 10.7 Å². The first-order valence-corrected chi connectivity index (χ1v) is 11.1. The molecule has 0 bridgehead atoms. The Morgan fingerprint density at radius 2 is 1.84 bits per heavy atom. The van der Waals surface area contributed by atoms with E-state index in [0.29, 0.717) is 10.9 Å². The maximum atomic E-state index is 12.8. The molecule has 160 valence electrons. The molecule has 0 N–H and O–H groups in total. The van der Waals surface area contributed by atoms with E-state index in [1.165, 1.54) is 35.3 Å². The van der Waals surface area contributed by atoms with Crippen molar-refractivity contribution in [2.75, 3.05) is 17.3 Å². The van der Waals surface area contributed by atoms with E-state index in [4.69, 9.17) is 4.74 Å². The number of rotatable bonds is 4. The van der Waals surface area contributed by atoms with Crippen LogP contribution >= 0.6 is 23.1 Å². The zero-order valence-corrected chi connectivity index (χ0v) is 18.6. The Hall–Kier alpha value is -3.18. The van der Waals surface area contributed by atoms with Crippen LogP contribution in [0.1, 0.15) is 17.3 Å². The van der Waals surface area contributed by atoms with E-state index in [1.54, 1.807) is 19.1 Å². The topological polar surface area (TPSA) is 103 Å². The molecule has 0 aliphatic carbocycles. The predicted molar refractivity (Wildman–Crippen MR) is 122 cm³/mol. The second-order valence-electron chi connectivity index (χ2n) is 6.63. The fourth-order valence-electron chi connectivity index (χ4n) is 3.26. The number of benzene rings is 1. The average Bonchev–Trinajstić information content (AvgIpc) is 3.32. The van der Waals surface area contributed by atoms with Gasteiger partial charge in [0.05, 0.1) is 23.6 Å². The maximum Gasteiger partial charge on any atom is 0.343 e. The molecule has 0 unspecified atom stereocenters. The van der Waals surface area contributed by atoms with Crippen molar-refractivity contribution in [3.8, 4) is 0 Å². The third-order valence-corrected chi connectivity index (χ3v) is 6.71. The van der Waals surface area contributed by atoms with Crippen LogP contribution in [0, 0.1) is 0 Å². The fourth-order valence-corrected chi connectivity index (χ4v) is 5.36. The van der Waals surface area contributed by atoms with Gasteiger partial charge in [-0.15, -0.1) is 11.3 Å². The molecule has 4 rings (SSSR count). The largest absolute Gasteiger partial charge is 0.462 e. The number of thiophene rings is 1. The molecule has 0 atom stereocenters. The summed E-state index contributed by atoms with van der Waals surface area (Å²) in [7, 11) is 2.86. The van der Waals surface area contributed by atoms with Crippen LogP contribution in [-0.2, 0) is 23.6 Å². The van der Waals surface area contributed by atoms with Crippen LogP contribution in [0.2, 0.25) is 0 Å². The van der Waals surface area contributed by atoms with Gasteiger partial charge in [0.15, 0.2) is 5.17 Å². The van der Waals surface area contributed by atoms with Gasteiger partial charge in [0.2, 0.25) is 5.91 Å². The highest BCUT2D eigenvalue weighted by Gasteiger charge is 2.32. The molecule has 0 radical (unpaired) electrons. The number of anilines is 1. The maximum absolute atomic E-state index is 12.8. The molecule has 0 saturated carbocycles. The number of amides is 1. The standard InChI is InChI=1S/C20H18N4O5S2/c1-4-29-18(27)13-14-15(17(26)23(3)20(28)22(14)2)31-16(13)21-19-24(12(25)10-30-19)11-8-6-5-7-9-11/h5-9H,4,10H2,1-3H3/b21-19-. The second-order valence-corrected chi connectivity index (χ2v) is 8.58. The summed E-state index contributed by atoms with van der Waals surface area (Å²) < 4.78 is 7.62. The number of carbonyl (C=O) groups excluding carboxylic acids is 2. The molecule has 1 fully saturated rings. The third kappa shape index (κ3) is 3.49. The number of aliphatic imine (C=N–C) groups is 1. The van der Waals surface area contributed by atoms with E-state index >= 15 is 0 Å². The first-order valence-electron chi connectivity index (χ1n) is 9.34. The zero-order valence-electron chi connectivity index (χ0n) is 16.9. The number of amidine groups is 1. The van der Waals surface area contributed by atoms with Crippen LogP contribution < -0.4 is 16.1 Å². The Kier molecular flexibility index (Phi) is 5.54. The number of para-hydroxylation sites is 1. The molecule has 3 aromatic rings. The lowest BCUT2D eigenvalue weighted by Crippen LogP contribution is -2.36. The Balaban J connectivity index is 1.98. The van der Waals surface area contributed by atoms with Gasteiger partial charge in [-0.05, 0) is 19.1 Å². The average molecular weight is 459 g/mol. The van der Waals surface area contributed by atoms with Crippen molar-refractivity contribution in [1.82, 2.24) is 9.13 Å². The summed E-state index contributed by atoms with van der Waals surface area (Å²) in [6.45, 7) is 1.78. The van der Waals surface area contributed by atoms with Crippen LogP contribution in [-0.4, -0.2) is 38.5 Å². The number of esters is 1. The molecule has 0 spiro atoms. The number of fused-ring (bicyclic) bond motifs is 1. The number of thioether (sulfide) groups is 1. The molecule has 1 saturated heterocycles. The van der Waals surface area contributed by atoms with Crippen molar-refractivity contribution in [1.29, 1.82) is 0 Å². The van der Waals surface area contributed by atoms with Crippen LogP contribution in [0.5, 0.6) is 0 Å². The molecule has 1 amide bonds. The van der Waals surface area contributed by atoms with E-state index in [9.17, 15) is 19.2 Å². The lowest BCUT2D eigenvalue weighted by molar-refractivity contribution is -0.115. The zero-order chi connectivity index (χ0) is 22.3. The minimum Gasteiger partial charge on any atom is -0.462 e. The monoisotopic (exact) mass is 458 g/mol. The van der Waals surface area contributed by atoms with Crippen molar-refractivity contribution in [2.24, 2.45) is 19.1 Å². The van der Waals surface area contributed by atoms with Crippen molar-refractivity contribution < 1.29 is 14.3 Å². The van der Waals surface area contributed by atoms with E-state index in [2.05, 4.69) is 4.99 Å². The number of nitrogens with zero attached hydrogens (tertiary/aromatic N) is 4. The summed E-state index contributed by atoms with van der Waals surface area (Å²) in [4.78, 5) is 56.5. The summed E-state index contributed by atoms with van der Waals surface area (Å²) in [5.74, 6) is -0.623. The number of hydrogen-bond acceptors (Lipinski definition) is 8. The van der Waals surface area contributed by atoms with Crippen LogP contribution in [0.3, 0.4) is 0 Å². The minimum atomic E-state index is -0.683. The van der Waals surface area contributed by atoms with Gasteiger partial charge in [0.25, 0.3) is 5.56 Å². The van der Waals surface area contributed by atoms with Gasteiger partial charge in [-0.1, -0.05) is 30.0 Å². The highest BCUT2D eigenvalue weighted by atomic mass is 32.2. The number of aromatic nitrogens is 2. The summed E-state index contributed by atoms with van der Waals surface area (Å²) in [6.07, 6.45) is 0. The molecule has 11 heteroatoms. The highest BCUT2D eigenvalue weighted by molar-refractivity contribution is 8.15. The van der Waals surface area contributed by atoms with Crippen LogP contribution in [0.15, 0.2) is 44.9 Å². The van der Waals surface area contributed by atoms with E-state index in [1.807, 2.05) is 18.2 Å². The van der Waals surface area contributed by atoms with Crippen LogP contribution in [0.25, 0.3) is 10.2 Å². The van der Waals surface area contributed by atoms with Gasteiger partial charge < -0.3 is 4.74 Å². The summed E-state index contributed by atoms with van der Waals surface area (Å²) in [5, 5.41) is 0.597. The highest BCUT2D eigenvalue weighted by Crippen LogP contribution is 2.38. The lowest BCUT2D eigenvalue weighted by Gasteiger charge is -2.15. The first kappa shape index (κ1) is 21.1. The summed E-state index contributed by atoms with van der Waals surface area (Å²) in [6, 6.07) is 9.04. The van der Waals surface area contributed by atoms with Gasteiger partial charge in [-0.25, -0.2) is 14.6 Å². The van der Waals surface area contributed by atoms with Crippen molar-refractivity contribution >= 4 is 61.0 Å². The Bertz CT molecular complexity index is 1350. The van der Waals surface area contributed by atoms with E-state index in [-0.39, 0.29) is 39.0 Å². The minimum absolute atomic E-state index is 0.0413. The number of hydrogen-bond donors (Lipinski definition) is 0. The fraction of sp³-hybridized carbons (Fsp3) is 0.250. The third-order valence-electron chi connectivity index (χ3n) is 4.73. The molecule has 1 aliphatic rings. The van der Waals surface area contributed by atoms with Gasteiger partial charge in [-0.2, -0.15) is 0 Å². The molecule has 9 nitrogen and oxygen atoms in total. The molecule has 3 heterocycles. The Morgan fingerprint density at radius 1 is 1.13 bits per heavy atom. The SMILES string of the molecule is CCOC(=O)c1c(/N=C2\SCC(=O)N2c2ccccc2)sc2c(=O)n(C)c(=O)n(C)c12. The van der Waals surface area contributed by atoms with Crippen molar-refractivity contribution in [2.45, 2.75) is 6.92 Å². The number of aryl methyl sites for hydroxylation is 1. The molecular formula is C20H18N4O5S2. The Labute approximate surface area is 184 Å². The van der Waals surface area contributed by atoms with Gasteiger partial charge in [0.1, 0.15) is 15.3 Å². The predicted octanol–water partition coefficient (Wildman–Crippen LogP) is 2.24. The summed E-state index contributed by atoms with van der Waals surface area (Å²) >= 11 is 2.23. The lowest BCUT2D eigenvalue weighted by atomic mass is 10.2. The van der Waals surface area contributed by atoms with Crippen molar-refractivity contribution in [3.63, 3.8) is 0 Å².